The Bertz CT molecular complexity index is 1070. The van der Waals surface area contributed by atoms with Crippen molar-refractivity contribution in [2.24, 2.45) is 17.4 Å². The van der Waals surface area contributed by atoms with E-state index < -0.39 is 35.4 Å². The van der Waals surface area contributed by atoms with E-state index >= 15 is 0 Å². The molecule has 0 heterocycles. The minimum atomic E-state index is -1.03. The normalized spacial score (nSPS) is 14.1. The number of carbonyl (C=O) groups excluding carboxylic acids is 3. The predicted octanol–water partition coefficient (Wildman–Crippen LogP) is 2.69. The molecule has 8 heteroatoms. The zero-order chi connectivity index (χ0) is 27.2. The Labute approximate surface area is 213 Å². The third kappa shape index (κ3) is 7.62. The van der Waals surface area contributed by atoms with Crippen LogP contribution in [0.25, 0.3) is 0 Å². The summed E-state index contributed by atoms with van der Waals surface area (Å²) in [6, 6.07) is 11.3. The summed E-state index contributed by atoms with van der Waals surface area (Å²) in [4.78, 5) is 39.9. The largest absolute Gasteiger partial charge is 0.368 e. The molecule has 0 aromatic heterocycles. The van der Waals surface area contributed by atoms with Crippen LogP contribution in [0.15, 0.2) is 48.5 Å². The van der Waals surface area contributed by atoms with Crippen molar-refractivity contribution in [2.45, 2.75) is 71.0 Å². The number of nitrogens with two attached hydrogens (primary N) is 2. The van der Waals surface area contributed by atoms with Gasteiger partial charge in [0.25, 0.3) is 0 Å². The number of nitrogens with one attached hydrogen (secondary N) is 1. The number of nitrogens with zero attached hydrogens (tertiary/aromatic N) is 1. The molecule has 0 aliphatic rings. The first-order chi connectivity index (χ1) is 16.7. The van der Waals surface area contributed by atoms with Crippen LogP contribution in [0.3, 0.4) is 0 Å². The summed E-state index contributed by atoms with van der Waals surface area (Å²) in [6.07, 6.45) is 0.432. The number of rotatable bonds is 10. The molecule has 0 bridgehead atoms. The Hall–Kier alpha value is -3.26. The van der Waals surface area contributed by atoms with E-state index in [1.807, 2.05) is 65.0 Å². The van der Waals surface area contributed by atoms with Crippen LogP contribution >= 0.6 is 0 Å². The number of amides is 3. The third-order valence-electron chi connectivity index (χ3n) is 6.22. The maximum absolute atomic E-state index is 14.3. The topological polar surface area (TPSA) is 119 Å². The zero-order valence-corrected chi connectivity index (χ0v) is 22.0. The quantitative estimate of drug-likeness (QED) is 0.467. The maximum atomic E-state index is 14.3. The van der Waals surface area contributed by atoms with Gasteiger partial charge in [-0.25, -0.2) is 4.39 Å². The standard InChI is InChI=1S/C28H39FN4O3/c1-17(2)24(33(6)27(36)22(30)15-18-10-8-7-9-11-18)26(35)32-23(25(31)34)16-19-12-13-21(29)20(14-19)28(3,4)5/h7-14,17,22-24H,15-16,30H2,1-6H3,(H2,31,34)(H,32,35)/t22-,23-,24-/m0/s1. The molecule has 2 aromatic rings. The Kier molecular flexibility index (Phi) is 9.76. The molecule has 0 aliphatic heterocycles. The van der Waals surface area contributed by atoms with Gasteiger partial charge in [0.05, 0.1) is 6.04 Å². The second-order valence-electron chi connectivity index (χ2n) is 10.7. The molecule has 0 spiro atoms. The van der Waals surface area contributed by atoms with Crippen LogP contribution in [-0.4, -0.2) is 47.8 Å². The van der Waals surface area contributed by atoms with Crippen molar-refractivity contribution in [3.8, 4) is 0 Å². The molecule has 0 unspecified atom stereocenters. The molecule has 2 rings (SSSR count). The molecular formula is C28H39FN4O3. The highest BCUT2D eigenvalue weighted by atomic mass is 19.1. The first kappa shape index (κ1) is 29.0. The van der Waals surface area contributed by atoms with E-state index in [-0.39, 0.29) is 24.1 Å². The van der Waals surface area contributed by atoms with E-state index in [1.54, 1.807) is 12.1 Å². The summed E-state index contributed by atoms with van der Waals surface area (Å²) >= 11 is 0. The monoisotopic (exact) mass is 498 g/mol. The van der Waals surface area contributed by atoms with Crippen LogP contribution in [0.4, 0.5) is 4.39 Å². The van der Waals surface area contributed by atoms with E-state index in [2.05, 4.69) is 5.32 Å². The van der Waals surface area contributed by atoms with Crippen molar-refractivity contribution < 1.29 is 18.8 Å². The van der Waals surface area contributed by atoms with Crippen molar-refractivity contribution >= 4 is 17.7 Å². The van der Waals surface area contributed by atoms with Gasteiger partial charge in [-0.15, -0.1) is 0 Å². The van der Waals surface area contributed by atoms with E-state index in [4.69, 9.17) is 11.5 Å². The van der Waals surface area contributed by atoms with Gasteiger partial charge in [0.15, 0.2) is 0 Å². The maximum Gasteiger partial charge on any atom is 0.243 e. The van der Waals surface area contributed by atoms with Gasteiger partial charge in [-0.3, -0.25) is 14.4 Å². The lowest BCUT2D eigenvalue weighted by Crippen LogP contribution is -2.58. The van der Waals surface area contributed by atoms with Crippen LogP contribution in [0.1, 0.15) is 51.3 Å². The van der Waals surface area contributed by atoms with Crippen LogP contribution in [-0.2, 0) is 32.6 Å². The van der Waals surface area contributed by atoms with Gasteiger partial charge in [0.1, 0.15) is 17.9 Å². The minimum Gasteiger partial charge on any atom is -0.368 e. The third-order valence-corrected chi connectivity index (χ3v) is 6.22. The summed E-state index contributed by atoms with van der Waals surface area (Å²) < 4.78 is 14.3. The highest BCUT2D eigenvalue weighted by molar-refractivity contribution is 5.93. The molecule has 0 saturated carbocycles. The second kappa shape index (κ2) is 12.1. The number of likely N-dealkylation sites (N-methyl/N-ethyl adjacent to an activating group) is 1. The number of halogens is 1. The van der Waals surface area contributed by atoms with Gasteiger partial charge in [-0.05, 0) is 40.5 Å². The Morgan fingerprint density at radius 3 is 2.14 bits per heavy atom. The average Bonchev–Trinajstić information content (AvgIpc) is 2.78. The first-order valence-electron chi connectivity index (χ1n) is 12.2. The van der Waals surface area contributed by atoms with Crippen LogP contribution in [0.5, 0.6) is 0 Å². The summed E-state index contributed by atoms with van der Waals surface area (Å²) in [5.41, 5.74) is 13.4. The molecular weight excluding hydrogens is 459 g/mol. The second-order valence-corrected chi connectivity index (χ2v) is 10.7. The smallest absolute Gasteiger partial charge is 0.243 e. The number of hydrogen-bond donors (Lipinski definition) is 3. The zero-order valence-electron chi connectivity index (χ0n) is 22.0. The number of carbonyl (C=O) groups is 3. The van der Waals surface area contributed by atoms with Crippen molar-refractivity contribution in [1.29, 1.82) is 0 Å². The summed E-state index contributed by atoms with van der Waals surface area (Å²) in [5, 5.41) is 2.70. The van der Waals surface area contributed by atoms with Crippen molar-refractivity contribution in [2.75, 3.05) is 7.05 Å². The number of benzene rings is 2. The summed E-state index contributed by atoms with van der Waals surface area (Å²) in [7, 11) is 1.53. The van der Waals surface area contributed by atoms with Crippen LogP contribution in [0.2, 0.25) is 0 Å². The molecule has 7 nitrogen and oxygen atoms in total. The van der Waals surface area contributed by atoms with Gasteiger partial charge < -0.3 is 21.7 Å². The van der Waals surface area contributed by atoms with Gasteiger partial charge >= 0.3 is 0 Å². The predicted molar refractivity (Wildman–Crippen MR) is 139 cm³/mol. The van der Waals surface area contributed by atoms with Crippen molar-refractivity contribution in [1.82, 2.24) is 10.2 Å². The molecule has 0 fully saturated rings. The molecule has 0 aliphatic carbocycles. The highest BCUT2D eigenvalue weighted by Gasteiger charge is 2.34. The Morgan fingerprint density at radius 2 is 1.61 bits per heavy atom. The molecule has 196 valence electrons. The number of primary amides is 1. The van der Waals surface area contributed by atoms with E-state index in [0.717, 1.165) is 5.56 Å². The molecule has 36 heavy (non-hydrogen) atoms. The van der Waals surface area contributed by atoms with E-state index in [0.29, 0.717) is 17.5 Å². The highest BCUT2D eigenvalue weighted by Crippen LogP contribution is 2.26. The van der Waals surface area contributed by atoms with E-state index in [9.17, 15) is 18.8 Å². The average molecular weight is 499 g/mol. The van der Waals surface area contributed by atoms with Gasteiger partial charge in [-0.1, -0.05) is 77.1 Å². The minimum absolute atomic E-state index is 0.0976. The number of hydrogen-bond acceptors (Lipinski definition) is 4. The Morgan fingerprint density at radius 1 is 1.00 bits per heavy atom. The van der Waals surface area contributed by atoms with E-state index in [1.165, 1.54) is 18.0 Å². The molecule has 0 saturated heterocycles. The molecule has 0 radical (unpaired) electrons. The molecule has 3 amide bonds. The fourth-order valence-corrected chi connectivity index (χ4v) is 4.27. The lowest BCUT2D eigenvalue weighted by Gasteiger charge is -2.33. The van der Waals surface area contributed by atoms with Crippen molar-refractivity contribution in [3.63, 3.8) is 0 Å². The summed E-state index contributed by atoms with van der Waals surface area (Å²) in [5.74, 6) is -2.19. The fraction of sp³-hybridized carbons (Fsp3) is 0.464. The lowest BCUT2D eigenvalue weighted by atomic mass is 9.85. The van der Waals surface area contributed by atoms with Crippen LogP contribution in [0, 0.1) is 11.7 Å². The molecule has 3 atom stereocenters. The Balaban J connectivity index is 2.18. The molecule has 2 aromatic carbocycles. The molecule has 5 N–H and O–H groups in total. The lowest BCUT2D eigenvalue weighted by molar-refractivity contribution is -0.142. The summed E-state index contributed by atoms with van der Waals surface area (Å²) in [6.45, 7) is 9.30. The van der Waals surface area contributed by atoms with Gasteiger partial charge in [0.2, 0.25) is 17.7 Å². The SMILES string of the molecule is CC(C)[C@@H](C(=O)N[C@@H](Cc1ccc(F)c(C(C)(C)C)c1)C(N)=O)N(C)C(=O)[C@@H](N)Cc1ccccc1. The van der Waals surface area contributed by atoms with Crippen molar-refractivity contribution in [3.05, 3.63) is 71.0 Å². The first-order valence-corrected chi connectivity index (χ1v) is 12.2. The fourth-order valence-electron chi connectivity index (χ4n) is 4.27. The van der Waals surface area contributed by atoms with Crippen LogP contribution < -0.4 is 16.8 Å². The van der Waals surface area contributed by atoms with Gasteiger partial charge in [-0.2, -0.15) is 0 Å². The van der Waals surface area contributed by atoms with Gasteiger partial charge in [0, 0.05) is 13.5 Å².